The van der Waals surface area contributed by atoms with Crippen LogP contribution >= 0.6 is 0 Å². The zero-order valence-electron chi connectivity index (χ0n) is 16.4. The molecule has 146 valence electrons. The average molecular weight is 388 g/mol. The number of methoxy groups -OCH3 is 1. The van der Waals surface area contributed by atoms with Crippen LogP contribution in [-0.2, 0) is 6.54 Å². The zero-order chi connectivity index (χ0) is 20.5. The van der Waals surface area contributed by atoms with Crippen LogP contribution in [-0.4, -0.2) is 26.2 Å². The first-order valence-corrected chi connectivity index (χ1v) is 9.18. The number of benzene rings is 1. The van der Waals surface area contributed by atoms with E-state index in [1.807, 2.05) is 44.2 Å². The van der Waals surface area contributed by atoms with E-state index in [9.17, 15) is 9.59 Å². The van der Waals surface area contributed by atoms with Gasteiger partial charge in [-0.3, -0.25) is 14.3 Å². The van der Waals surface area contributed by atoms with Crippen molar-refractivity contribution >= 4 is 11.0 Å². The summed E-state index contributed by atoms with van der Waals surface area (Å²) < 4.78 is 8.11. The molecule has 4 aromatic rings. The minimum Gasteiger partial charge on any atom is -0.496 e. The van der Waals surface area contributed by atoms with E-state index in [4.69, 9.17) is 4.74 Å². The molecule has 7 heteroatoms. The van der Waals surface area contributed by atoms with E-state index in [0.29, 0.717) is 28.2 Å². The maximum Gasteiger partial charge on any atom is 0.337 e. The molecule has 0 fully saturated rings. The van der Waals surface area contributed by atoms with Crippen molar-refractivity contribution in [3.8, 4) is 11.4 Å². The molecule has 0 aliphatic rings. The monoisotopic (exact) mass is 388 g/mol. The molecule has 3 aromatic heterocycles. The summed E-state index contributed by atoms with van der Waals surface area (Å²) in [5, 5.41) is 0.368. The van der Waals surface area contributed by atoms with Gasteiger partial charge in [0.2, 0.25) is 0 Å². The van der Waals surface area contributed by atoms with Crippen molar-refractivity contribution in [2.75, 3.05) is 7.11 Å². The van der Waals surface area contributed by atoms with Gasteiger partial charge in [-0.2, -0.15) is 0 Å². The topological polar surface area (TPSA) is 79.0 Å². The van der Waals surface area contributed by atoms with Crippen molar-refractivity contribution in [2.24, 2.45) is 0 Å². The molecule has 0 radical (unpaired) electrons. The molecule has 0 N–H and O–H groups in total. The number of ether oxygens (including phenoxy) is 1. The lowest BCUT2D eigenvalue weighted by molar-refractivity contribution is 0.406. The first-order valence-electron chi connectivity index (χ1n) is 9.18. The predicted molar refractivity (Wildman–Crippen MR) is 111 cm³/mol. The summed E-state index contributed by atoms with van der Waals surface area (Å²) in [5.41, 5.74) is 2.41. The summed E-state index contributed by atoms with van der Waals surface area (Å²) >= 11 is 0. The van der Waals surface area contributed by atoms with E-state index in [0.717, 1.165) is 11.1 Å². The van der Waals surface area contributed by atoms with Crippen molar-refractivity contribution in [1.82, 2.24) is 19.1 Å². The van der Waals surface area contributed by atoms with Crippen LogP contribution in [0.15, 0.2) is 64.4 Å². The maximum absolute atomic E-state index is 13.4. The Labute approximate surface area is 166 Å². The van der Waals surface area contributed by atoms with Crippen molar-refractivity contribution in [3.63, 3.8) is 0 Å². The molecule has 0 aliphatic carbocycles. The Balaban J connectivity index is 2.00. The van der Waals surface area contributed by atoms with Crippen LogP contribution in [0.5, 0.6) is 5.75 Å². The second-order valence-corrected chi connectivity index (χ2v) is 6.77. The normalized spacial score (nSPS) is 11.0. The molecule has 7 nitrogen and oxygen atoms in total. The third-order valence-corrected chi connectivity index (χ3v) is 4.97. The van der Waals surface area contributed by atoms with Crippen molar-refractivity contribution < 1.29 is 4.74 Å². The van der Waals surface area contributed by atoms with Gasteiger partial charge in [0.1, 0.15) is 5.75 Å². The van der Waals surface area contributed by atoms with E-state index >= 15 is 0 Å². The summed E-state index contributed by atoms with van der Waals surface area (Å²) in [6.07, 6.45) is 3.26. The Morgan fingerprint density at radius 1 is 1.00 bits per heavy atom. The summed E-state index contributed by atoms with van der Waals surface area (Å²) in [6.45, 7) is 3.81. The van der Waals surface area contributed by atoms with Gasteiger partial charge in [0.25, 0.3) is 5.56 Å². The second kappa shape index (κ2) is 7.35. The molecule has 0 spiro atoms. The lowest BCUT2D eigenvalue weighted by Gasteiger charge is -2.15. The van der Waals surface area contributed by atoms with Gasteiger partial charge in [-0.05, 0) is 38.1 Å². The minimum atomic E-state index is -0.465. The first kappa shape index (κ1) is 18.6. The molecule has 0 aliphatic heterocycles. The molecular weight excluding hydrogens is 368 g/mol. The highest BCUT2D eigenvalue weighted by molar-refractivity contribution is 5.75. The van der Waals surface area contributed by atoms with E-state index in [1.54, 1.807) is 31.6 Å². The molecule has 0 amide bonds. The fourth-order valence-electron chi connectivity index (χ4n) is 3.52. The quantitative estimate of drug-likeness (QED) is 0.537. The number of nitrogens with zero attached hydrogens (tertiary/aromatic N) is 4. The Bertz CT molecular complexity index is 1320. The van der Waals surface area contributed by atoms with Crippen LogP contribution in [0.3, 0.4) is 0 Å². The SMILES string of the molecule is COc1c(C)cnc(Cn2c(=O)c3cccnc3n(-c3ccccc3)c2=O)c1C. The average Bonchev–Trinajstić information content (AvgIpc) is 2.74. The fraction of sp³-hybridized carbons (Fsp3) is 0.182. The zero-order valence-corrected chi connectivity index (χ0v) is 16.4. The van der Waals surface area contributed by atoms with Gasteiger partial charge in [0.05, 0.1) is 30.4 Å². The van der Waals surface area contributed by atoms with Gasteiger partial charge in [-0.25, -0.2) is 14.3 Å². The van der Waals surface area contributed by atoms with Crippen LogP contribution in [0.25, 0.3) is 16.7 Å². The van der Waals surface area contributed by atoms with Gasteiger partial charge in [-0.1, -0.05) is 18.2 Å². The maximum atomic E-state index is 13.4. The highest BCUT2D eigenvalue weighted by atomic mass is 16.5. The number of para-hydroxylation sites is 1. The lowest BCUT2D eigenvalue weighted by atomic mass is 10.1. The van der Waals surface area contributed by atoms with Crippen molar-refractivity contribution in [3.05, 3.63) is 92.5 Å². The predicted octanol–water partition coefficient (Wildman–Crippen LogP) is 2.62. The largest absolute Gasteiger partial charge is 0.496 e. The van der Waals surface area contributed by atoms with Crippen LogP contribution in [0.1, 0.15) is 16.8 Å². The molecule has 3 heterocycles. The lowest BCUT2D eigenvalue weighted by Crippen LogP contribution is -2.40. The molecular formula is C22H20N4O3. The first-order chi connectivity index (χ1) is 14.0. The Hall–Kier alpha value is -3.74. The summed E-state index contributed by atoms with van der Waals surface area (Å²) in [5.74, 6) is 0.703. The van der Waals surface area contributed by atoms with Gasteiger partial charge >= 0.3 is 5.69 Å². The summed E-state index contributed by atoms with van der Waals surface area (Å²) in [4.78, 5) is 35.2. The van der Waals surface area contributed by atoms with E-state index in [-0.39, 0.29) is 6.54 Å². The minimum absolute atomic E-state index is 0.0395. The number of rotatable bonds is 4. The Morgan fingerprint density at radius 3 is 2.48 bits per heavy atom. The number of hydrogen-bond donors (Lipinski definition) is 0. The smallest absolute Gasteiger partial charge is 0.337 e. The van der Waals surface area contributed by atoms with Crippen molar-refractivity contribution in [1.29, 1.82) is 0 Å². The van der Waals surface area contributed by atoms with Crippen molar-refractivity contribution in [2.45, 2.75) is 20.4 Å². The Kier molecular flexibility index (Phi) is 4.72. The molecule has 0 bridgehead atoms. The molecule has 0 saturated heterocycles. The highest BCUT2D eigenvalue weighted by Crippen LogP contribution is 2.24. The summed E-state index contributed by atoms with van der Waals surface area (Å²) in [7, 11) is 1.59. The van der Waals surface area contributed by atoms with Crippen LogP contribution < -0.4 is 16.0 Å². The molecule has 29 heavy (non-hydrogen) atoms. The molecule has 0 atom stereocenters. The molecule has 4 rings (SSSR count). The molecule has 1 aromatic carbocycles. The van der Waals surface area contributed by atoms with Gasteiger partial charge in [0.15, 0.2) is 5.65 Å². The van der Waals surface area contributed by atoms with E-state index < -0.39 is 11.2 Å². The standard InChI is InChI=1S/C22H20N4O3/c1-14-12-24-18(15(2)19(14)29-3)13-25-21(27)17-10-7-11-23-20(17)26(22(25)28)16-8-5-4-6-9-16/h4-12H,13H2,1-3H3. The number of pyridine rings is 2. The van der Waals surface area contributed by atoms with E-state index in [1.165, 1.54) is 9.13 Å². The van der Waals surface area contributed by atoms with Crippen LogP contribution in [0, 0.1) is 13.8 Å². The number of aromatic nitrogens is 4. The van der Waals surface area contributed by atoms with Gasteiger partial charge in [0, 0.05) is 23.5 Å². The van der Waals surface area contributed by atoms with E-state index in [2.05, 4.69) is 9.97 Å². The third kappa shape index (κ3) is 3.10. The molecule has 0 saturated carbocycles. The Morgan fingerprint density at radius 2 is 1.76 bits per heavy atom. The number of hydrogen-bond acceptors (Lipinski definition) is 5. The van der Waals surface area contributed by atoms with Gasteiger partial charge < -0.3 is 4.74 Å². The van der Waals surface area contributed by atoms with Crippen LogP contribution in [0.2, 0.25) is 0 Å². The third-order valence-electron chi connectivity index (χ3n) is 4.97. The van der Waals surface area contributed by atoms with Gasteiger partial charge in [-0.15, -0.1) is 0 Å². The van der Waals surface area contributed by atoms with Crippen LogP contribution in [0.4, 0.5) is 0 Å². The fourth-order valence-corrected chi connectivity index (χ4v) is 3.52. The number of fused-ring (bicyclic) bond motifs is 1. The second-order valence-electron chi connectivity index (χ2n) is 6.77. The molecule has 0 unspecified atom stereocenters. The highest BCUT2D eigenvalue weighted by Gasteiger charge is 2.18. The summed E-state index contributed by atoms with van der Waals surface area (Å²) in [6, 6.07) is 12.5. The number of aryl methyl sites for hydroxylation is 1.